The van der Waals surface area contributed by atoms with Crippen LogP contribution in [0.4, 0.5) is 0 Å². The molecule has 14 aliphatic heterocycles. The third kappa shape index (κ3) is 95.8. The highest BCUT2D eigenvalue weighted by Crippen LogP contribution is 2.16. The molecule has 878 valence electrons. The number of Topliss-reactive ketones (excluding diaryl/α,β-unsaturated/α-hetero) is 1. The van der Waals surface area contributed by atoms with Crippen LogP contribution >= 0.6 is 23.1 Å². The molecule has 0 aromatic carbocycles. The molecule has 5 N–H and O–H groups in total. The third-order valence-electron chi connectivity index (χ3n) is 17.9. The summed E-state index contributed by atoms with van der Waals surface area (Å²) in [5.41, 5.74) is 0.244. The summed E-state index contributed by atoms with van der Waals surface area (Å²) in [6, 6.07) is 0.958. The molecule has 14 aliphatic rings. The Bertz CT molecular complexity index is 4070. The normalized spacial score (nSPS) is 21.1. The van der Waals surface area contributed by atoms with Crippen molar-refractivity contribution in [2.45, 2.75) is 320 Å². The van der Waals surface area contributed by atoms with Crippen LogP contribution in [0.2, 0.25) is 0 Å². The van der Waals surface area contributed by atoms with E-state index in [2.05, 4.69) is 160 Å². The number of aryl methyl sites for hydroxylation is 6. The van der Waals surface area contributed by atoms with Crippen LogP contribution in [-0.4, -0.2) is 402 Å². The van der Waals surface area contributed by atoms with Gasteiger partial charge in [-0.25, -0.2) is 76.1 Å². The lowest BCUT2D eigenvalue weighted by atomic mass is 10.1. The molecule has 4 aromatic heterocycles. The number of nitrogens with one attached hydrogen (secondary N) is 5. The Labute approximate surface area is 912 Å². The van der Waals surface area contributed by atoms with Crippen LogP contribution in [0.3, 0.4) is 0 Å². The maximum Gasteiger partial charge on any atom is 0.223 e. The van der Waals surface area contributed by atoms with E-state index in [1.165, 1.54) is 33.7 Å². The van der Waals surface area contributed by atoms with Gasteiger partial charge in [0.2, 0.25) is 21.8 Å². The lowest BCUT2D eigenvalue weighted by Crippen LogP contribution is -2.38. The van der Waals surface area contributed by atoms with Crippen molar-refractivity contribution in [3.8, 4) is 0 Å². The minimum Gasteiger partial charge on any atom is -0.479 e. The van der Waals surface area contributed by atoms with Crippen LogP contribution in [0, 0.1) is 41.5 Å². The number of hydrogen-bond donors (Lipinski definition) is 5. The van der Waals surface area contributed by atoms with Gasteiger partial charge in [-0.05, 0) is 161 Å². The number of nitrogens with zero attached hydrogens (tertiary/aromatic N) is 22. The van der Waals surface area contributed by atoms with Gasteiger partial charge >= 0.3 is 0 Å². The van der Waals surface area contributed by atoms with Crippen molar-refractivity contribution in [2.75, 3.05) is 221 Å². The van der Waals surface area contributed by atoms with Gasteiger partial charge in [0.25, 0.3) is 0 Å². The number of sulfone groups is 1. The first-order valence-corrected chi connectivity index (χ1v) is 52.8. The number of hydrogen-bond acceptors (Lipinski definition) is 38. The number of rotatable bonds is 0. The lowest BCUT2D eigenvalue weighted by Gasteiger charge is -2.21. The van der Waals surface area contributed by atoms with E-state index >= 15 is 0 Å². The summed E-state index contributed by atoms with van der Waals surface area (Å²) >= 11 is 1.09. The van der Waals surface area contributed by atoms with E-state index in [1.54, 1.807) is 42.8 Å². The molecule has 146 heavy (non-hydrogen) atoms. The molecule has 7 fully saturated rings. The average Bonchev–Trinajstić information content (AvgIpc) is 1.69. The first kappa shape index (κ1) is 178. The molecule has 42 nitrogen and oxygen atoms in total. The van der Waals surface area contributed by atoms with Crippen LogP contribution in [0.15, 0.2) is 56.6 Å². The van der Waals surface area contributed by atoms with Gasteiger partial charge < -0.3 is 58.6 Å². The standard InChI is InChI=1S/C6H12N2.2C6H11NO.C5H10N2.C5H11NO2S.C5H11NOS.2C5H9NO.C4H6N2O.C4H6N2S.C4H8N2.C4H9NO2S.C4H9NOS.C4H7NO.2C3H8N2OS.C3H4N2O.C3H4N2S.17CH4/c1-5-7-4-6(2,3)8-5;1-5-7-6(2,3)4-8-5;1-7-4-2-6(8)3-5-7;1-4-3-6-5(2)7-4;1-6-2-4-9(7,8)5-3-6;1-6-2-4-8(7)5-3-6;1-4-3-7-5(2)6-4;1-4-3-6-5(2)7-4;2*1-3-5-4(2)7-6-3;1-4-5-2-3-6-4;1-5-3-2-4-8(5,6)7;1-5-3-2-4-7(5)6;1-4-5-2-3-6-4;2*1-5-3-2-4-7(5)6;2*1-3-4-2-5-6-3;;;;;;;;;;;;;;;;;/h4H2,1-3H3,(H,7,8);4H2,1-3H3;2-5H2,1H3;4H,3H2,1-2H3,(H,6,7);2-5H2,1H3;2-5H2,1H3;2*4H,3H2,1-2H3;2*1-2H3;2-3H2,1H3,(H,5,6);2-4H2,1H3;2-4H2,1H3;2-3H2,1H3;2*4H,2-3H2,1H3;2*2H,1H3;17*1H4. The number of carbonyl (C=O) groups excluding carboxylic acids is 1. The van der Waals surface area contributed by atoms with Crippen molar-refractivity contribution < 1.29 is 66.5 Å². The monoisotopic (exact) mass is 2250 g/mol. The number of ether oxygens (including phenoxy) is 4. The Hall–Kier alpha value is -6.50. The van der Waals surface area contributed by atoms with Gasteiger partial charge in [0, 0.05) is 195 Å². The summed E-state index contributed by atoms with van der Waals surface area (Å²) in [5, 5.41) is 18.4. The van der Waals surface area contributed by atoms with E-state index in [0.29, 0.717) is 78.5 Å². The first-order valence-electron chi connectivity index (χ1n) is 42.8. The van der Waals surface area contributed by atoms with E-state index in [-0.39, 0.29) is 137 Å². The Morgan fingerprint density at radius 3 is 1.19 bits per heavy atom. The first-order chi connectivity index (χ1) is 60.4. The van der Waals surface area contributed by atoms with E-state index in [4.69, 9.17) is 18.9 Å². The second-order valence-electron chi connectivity index (χ2n) is 32.2. The van der Waals surface area contributed by atoms with Gasteiger partial charge in [0.1, 0.15) is 53.9 Å². The molecule has 0 aliphatic carbocycles. The molecule has 4 aromatic rings. The van der Waals surface area contributed by atoms with Gasteiger partial charge in [-0.3, -0.25) is 34.0 Å². The highest BCUT2D eigenvalue weighted by molar-refractivity contribution is 7.91. The highest BCUT2D eigenvalue weighted by atomic mass is 32.2. The zero-order valence-electron chi connectivity index (χ0n) is 81.5. The van der Waals surface area contributed by atoms with Crippen molar-refractivity contribution in [1.29, 1.82) is 0 Å². The summed E-state index contributed by atoms with van der Waals surface area (Å²) in [6.45, 7) is 57.5. The number of carbonyl (C=O) groups is 1. The number of sulfonamides is 1. The molecule has 50 heteroatoms. The van der Waals surface area contributed by atoms with Crippen LogP contribution in [0.1, 0.15) is 282 Å². The number of ketones is 1. The second kappa shape index (κ2) is 99.2. The minimum atomic E-state index is -2.79. The second-order valence-corrected chi connectivity index (χ2v) is 44.8. The Morgan fingerprint density at radius 1 is 0.486 bits per heavy atom. The maximum atomic E-state index is 10.8. The number of piperidine rings is 1. The molecular weight excluding hydrogens is 2030 g/mol. The SMILES string of the molecule is C.C.C.C.C.C.C.C.C.C.C.C.C.C.C.C.C.CC1=NC(C)(C)CO1.CC1=NC(C)CO1.CC1=NCC(C)(C)N1.CC1=NCC(C)N1.CC1=NCC(C)O1.CC1=NCCN1.CC1=NCCO1.CN1CCC(=O)CC1.CN1CCCS1(=O)=O.CN1CCCS1=O.CN1CCNS1=O.CN1CCNS1=O.CN1CCS(=O)(=O)CC1.CN1CCS(=O)CC1.Cc1ncno1.Cc1ncns1.Cc1noc(C)n1.Cc1nsc(C)n1. The van der Waals surface area contributed by atoms with E-state index in [0.717, 1.165) is 218 Å². The van der Waals surface area contributed by atoms with Crippen LogP contribution < -0.4 is 25.4 Å². The zero-order valence-corrected chi connectivity index (χ0v) is 88.1. The number of amidine groups is 3. The Balaban J connectivity index is -0.0000000800. The molecule has 18 rings (SSSR count). The Kier molecular flexibility index (Phi) is 121. The molecule has 6 atom stereocenters. The average molecular weight is 2250 g/mol. The molecule has 0 radical (unpaired) electrons. The number of aliphatic imine (C=N–C) groups is 7. The quantitative estimate of drug-likeness (QED) is 0.109. The molecule has 6 unspecified atom stereocenters. The van der Waals surface area contributed by atoms with Crippen molar-refractivity contribution in [1.82, 2.24) is 96.3 Å². The number of likely N-dealkylation sites (N-methyl/N-ethyl adjacent to an activating group) is 2. The smallest absolute Gasteiger partial charge is 0.223 e. The molecule has 18 heterocycles. The maximum absolute atomic E-state index is 10.8. The molecule has 0 spiro atoms. The summed E-state index contributed by atoms with van der Waals surface area (Å²) in [5.74, 6) is 13.4. The Morgan fingerprint density at radius 2 is 1.03 bits per heavy atom. The van der Waals surface area contributed by atoms with Crippen molar-refractivity contribution in [2.24, 2.45) is 34.9 Å². The predicted octanol–water partition coefficient (Wildman–Crippen LogP) is 15.5. The van der Waals surface area contributed by atoms with Crippen molar-refractivity contribution in [3.63, 3.8) is 0 Å². The topological polar surface area (TPSA) is 489 Å². The summed E-state index contributed by atoms with van der Waals surface area (Å²) in [6.07, 6.45) is 6.66. The van der Waals surface area contributed by atoms with E-state index in [1.807, 2.05) is 128 Å². The van der Waals surface area contributed by atoms with E-state index < -0.39 is 64.0 Å². The van der Waals surface area contributed by atoms with Crippen LogP contribution in [-0.2, 0) is 87.7 Å². The van der Waals surface area contributed by atoms with Gasteiger partial charge in [0.05, 0.1) is 95.6 Å². The predicted molar refractivity (Wildman–Crippen MR) is 639 cm³/mol. The van der Waals surface area contributed by atoms with Gasteiger partial charge in [-0.2, -0.15) is 18.7 Å². The fraction of sp³-hybridized carbons (Fsp3) is 0.833. The molecular formula is C96H221N27O15S8. The summed E-state index contributed by atoms with van der Waals surface area (Å²) in [7, 11) is 6.63. The third-order valence-corrected chi connectivity index (χ3v) is 27.9. The number of aromatic nitrogens is 8. The summed E-state index contributed by atoms with van der Waals surface area (Å²) in [4.78, 5) is 60.9. The van der Waals surface area contributed by atoms with Gasteiger partial charge in [-0.1, -0.05) is 137 Å². The molecule has 0 amide bonds. The summed E-state index contributed by atoms with van der Waals surface area (Å²) < 4.78 is 134. The van der Waals surface area contributed by atoms with Crippen molar-refractivity contribution >= 4 is 134 Å². The van der Waals surface area contributed by atoms with Gasteiger partial charge in [0.15, 0.2) is 67.9 Å². The molecule has 7 saturated heterocycles. The number of likely N-dealkylation sites (tertiary alicyclic amines) is 1. The van der Waals surface area contributed by atoms with Crippen LogP contribution in [0.5, 0.6) is 0 Å². The highest BCUT2D eigenvalue weighted by Gasteiger charge is 2.26. The zero-order chi connectivity index (χ0) is 97.3. The van der Waals surface area contributed by atoms with E-state index in [9.17, 15) is 38.5 Å². The van der Waals surface area contributed by atoms with Crippen molar-refractivity contribution in [3.05, 3.63) is 46.1 Å². The fourth-order valence-corrected chi connectivity index (χ4v) is 17.8. The lowest BCUT2D eigenvalue weighted by molar-refractivity contribution is -0.121. The largest absolute Gasteiger partial charge is 0.479 e. The minimum absolute atomic E-state index is 0. The van der Waals surface area contributed by atoms with Crippen LogP contribution in [0.25, 0.3) is 0 Å². The van der Waals surface area contributed by atoms with Gasteiger partial charge in [-0.15, -0.1) is 0 Å². The fourth-order valence-electron chi connectivity index (χ4n) is 10.6. The molecule has 0 saturated carbocycles. The molecule has 0 bridgehead atoms.